The zero-order chi connectivity index (χ0) is 43.0. The lowest BCUT2D eigenvalue weighted by Crippen LogP contribution is -2.40. The minimum absolute atomic E-state index is 0.0557. The van der Waals surface area contributed by atoms with Crippen LogP contribution in [-0.4, -0.2) is 46.9 Å². The number of hydrogen-bond acceptors (Lipinski definition) is 4. The molecule has 0 aliphatic heterocycles. The molecule has 20 heteroatoms. The number of carboxylic acids is 1. The van der Waals surface area contributed by atoms with Gasteiger partial charge in [0.15, 0.2) is 5.78 Å². The van der Waals surface area contributed by atoms with Crippen LogP contribution in [-0.2, 0) is 37.0 Å². The number of carbonyl (C=O) groups is 2. The quantitative estimate of drug-likeness (QED) is 0.163. The van der Waals surface area contributed by atoms with Crippen LogP contribution in [0.4, 0.5) is 67.2 Å². The lowest BCUT2D eigenvalue weighted by Gasteiger charge is -2.27. The molecule has 0 aliphatic rings. The van der Waals surface area contributed by atoms with Crippen molar-refractivity contribution < 1.29 is 76.2 Å². The van der Waals surface area contributed by atoms with E-state index in [0.29, 0.717) is 5.56 Å². The number of pyridine rings is 1. The van der Waals surface area contributed by atoms with Gasteiger partial charge in [-0.1, -0.05) is 52.0 Å². The number of hydrogen-bond donors (Lipinski definition) is 1. The summed E-state index contributed by atoms with van der Waals surface area (Å²) in [6.07, 6.45) is -20.7. The van der Waals surface area contributed by atoms with E-state index in [0.717, 1.165) is 14.0 Å². The molecule has 0 fully saturated rings. The van der Waals surface area contributed by atoms with Crippen molar-refractivity contribution >= 4 is 17.4 Å². The zero-order valence-electron chi connectivity index (χ0n) is 29.9. The van der Waals surface area contributed by atoms with Crippen LogP contribution >= 0.6 is 0 Å². The lowest BCUT2D eigenvalue weighted by atomic mass is 9.88. The maximum Gasteiger partial charge on any atom is 0.431 e. The van der Waals surface area contributed by atoms with Crippen LogP contribution in [0.3, 0.4) is 0 Å². The summed E-state index contributed by atoms with van der Waals surface area (Å²) in [5.41, 5.74) is -6.72. The molecule has 0 saturated carbocycles. The van der Waals surface area contributed by atoms with Crippen LogP contribution < -0.4 is 10.5 Å². The molecule has 0 amide bonds. The van der Waals surface area contributed by atoms with Gasteiger partial charge in [0, 0.05) is 24.7 Å². The van der Waals surface area contributed by atoms with Crippen LogP contribution in [0.5, 0.6) is 0 Å². The van der Waals surface area contributed by atoms with Gasteiger partial charge in [-0.05, 0) is 48.6 Å². The van der Waals surface area contributed by atoms with Crippen LogP contribution in [0.2, 0.25) is 0 Å². The first-order valence-electron chi connectivity index (χ1n) is 16.0. The monoisotopic (exact) mass is 814 g/mol. The molecule has 2 aromatic carbocycles. The van der Waals surface area contributed by atoms with E-state index < -0.39 is 107 Å². The Balaban J connectivity index is 0.000000555. The predicted octanol–water partition coefficient (Wildman–Crippen LogP) is 10.0. The van der Waals surface area contributed by atoms with Crippen molar-refractivity contribution in [3.8, 4) is 0 Å². The smallest absolute Gasteiger partial charge is 0.431 e. The summed E-state index contributed by atoms with van der Waals surface area (Å²) in [6, 6.07) is 6.49. The second-order valence-corrected chi connectivity index (χ2v) is 12.1. The van der Waals surface area contributed by atoms with Gasteiger partial charge in [-0.3, -0.25) is 14.4 Å². The summed E-state index contributed by atoms with van der Waals surface area (Å²) in [4.78, 5) is 34.5. The summed E-state index contributed by atoms with van der Waals surface area (Å²) < 4.78 is 181. The van der Waals surface area contributed by atoms with Gasteiger partial charge in [-0.15, -0.1) is 0 Å². The SMILES string of the molecule is CC.CC(=O)c1c(F)cc(N(CC(F)(F)F)CC(F)(F)F)cc1F.CC(C)C(Cc1cccc(Cc2c(C(F)(F)F)cc(C(F)(F)F)n(C)c2=O)c1)C(=O)O. The Labute approximate surface area is 305 Å². The highest BCUT2D eigenvalue weighted by Gasteiger charge is 2.41. The largest absolute Gasteiger partial charge is 0.481 e. The Morgan fingerprint density at radius 3 is 1.64 bits per heavy atom. The number of carboxylic acid groups (broad SMARTS) is 1. The number of anilines is 1. The number of halogens is 14. The summed E-state index contributed by atoms with van der Waals surface area (Å²) in [5, 5.41) is 9.33. The third-order valence-corrected chi connectivity index (χ3v) is 7.56. The lowest BCUT2D eigenvalue weighted by molar-refractivity contribution is -0.148. The number of aromatic nitrogens is 1. The highest BCUT2D eigenvalue weighted by atomic mass is 19.4. The fraction of sp³-hybridized carbons (Fsp3) is 0.457. The van der Waals surface area contributed by atoms with Crippen LogP contribution in [0, 0.1) is 23.5 Å². The van der Waals surface area contributed by atoms with Gasteiger partial charge in [0.2, 0.25) is 0 Å². The number of rotatable bonds is 10. The molecule has 3 rings (SSSR count). The molecule has 0 aliphatic carbocycles. The Hall–Kier alpha value is -4.65. The van der Waals surface area contributed by atoms with Crippen LogP contribution in [0.1, 0.15) is 72.9 Å². The van der Waals surface area contributed by atoms with Gasteiger partial charge in [-0.2, -0.15) is 52.7 Å². The summed E-state index contributed by atoms with van der Waals surface area (Å²) in [5.74, 6) is -6.04. The number of nitrogens with zero attached hydrogens (tertiary/aromatic N) is 2. The molecular weight excluding hydrogens is 778 g/mol. The van der Waals surface area contributed by atoms with Crippen molar-refractivity contribution in [2.45, 2.75) is 72.2 Å². The molecule has 0 radical (unpaired) electrons. The van der Waals surface area contributed by atoms with E-state index in [-0.39, 0.29) is 45.6 Å². The second kappa shape index (κ2) is 18.8. The minimum Gasteiger partial charge on any atom is -0.481 e. The van der Waals surface area contributed by atoms with Crippen LogP contribution in [0.25, 0.3) is 0 Å². The van der Waals surface area contributed by atoms with Gasteiger partial charge in [-0.25, -0.2) is 8.78 Å². The fourth-order valence-corrected chi connectivity index (χ4v) is 5.13. The van der Waals surface area contributed by atoms with Crippen molar-refractivity contribution in [3.05, 3.63) is 98.0 Å². The topological polar surface area (TPSA) is 79.6 Å². The molecule has 1 unspecified atom stereocenters. The van der Waals surface area contributed by atoms with Gasteiger partial charge < -0.3 is 14.6 Å². The minimum atomic E-state index is -5.16. The Bertz CT molecular complexity index is 1800. The average Bonchev–Trinajstić information content (AvgIpc) is 3.00. The highest BCUT2D eigenvalue weighted by molar-refractivity contribution is 5.95. The van der Waals surface area contributed by atoms with Crippen molar-refractivity contribution in [2.75, 3.05) is 18.0 Å². The molecule has 1 N–H and O–H groups in total. The summed E-state index contributed by atoms with van der Waals surface area (Å²) in [6.45, 7) is 4.16. The standard InChI is InChI=1S/C21H21F6NO3.C12H9F8NO.C2H6/c1-11(2)14(19(30)31)8-12-5-4-6-13(7-12)9-15-16(20(22,23)24)10-17(21(25,26)27)28(3)18(15)29;1-6(22)10-8(13)2-7(3-9(10)14)21(4-11(15,16)17)5-12(18,19)20;1-2/h4-7,10-11,14H,8-9H2,1-3H3,(H,30,31);2-3H,4-5H2,1H3;1-2H3. The molecule has 1 heterocycles. The molecule has 1 aromatic heterocycles. The highest BCUT2D eigenvalue weighted by Crippen LogP contribution is 2.37. The maximum atomic E-state index is 13.5. The van der Waals surface area contributed by atoms with Crippen molar-refractivity contribution in [3.63, 3.8) is 0 Å². The third-order valence-electron chi connectivity index (χ3n) is 7.56. The van der Waals surface area contributed by atoms with Gasteiger partial charge >= 0.3 is 30.7 Å². The van der Waals surface area contributed by atoms with Gasteiger partial charge in [0.05, 0.1) is 17.0 Å². The van der Waals surface area contributed by atoms with E-state index in [1.54, 1.807) is 19.9 Å². The molecule has 0 spiro atoms. The van der Waals surface area contributed by atoms with E-state index in [9.17, 15) is 81.0 Å². The third kappa shape index (κ3) is 14.5. The zero-order valence-corrected chi connectivity index (χ0v) is 29.9. The number of alkyl halides is 12. The first-order chi connectivity index (χ1) is 24.9. The van der Waals surface area contributed by atoms with Crippen molar-refractivity contribution in [2.24, 2.45) is 18.9 Å². The number of ketones is 1. The molecular formula is C35H36F14N2O4. The first-order valence-corrected chi connectivity index (χ1v) is 16.0. The van der Waals surface area contributed by atoms with Crippen molar-refractivity contribution in [1.82, 2.24) is 4.57 Å². The summed E-state index contributed by atoms with van der Waals surface area (Å²) >= 11 is 0. The maximum absolute atomic E-state index is 13.5. The van der Waals surface area contributed by atoms with E-state index in [1.807, 2.05) is 13.8 Å². The average molecular weight is 815 g/mol. The Morgan fingerprint density at radius 2 is 1.25 bits per heavy atom. The molecule has 6 nitrogen and oxygen atoms in total. The van der Waals surface area contributed by atoms with Gasteiger partial charge in [0.25, 0.3) is 5.56 Å². The second-order valence-electron chi connectivity index (χ2n) is 12.1. The van der Waals surface area contributed by atoms with E-state index in [4.69, 9.17) is 0 Å². The first kappa shape index (κ1) is 48.4. The predicted molar refractivity (Wildman–Crippen MR) is 173 cm³/mol. The van der Waals surface area contributed by atoms with E-state index in [2.05, 4.69) is 0 Å². The molecule has 0 bridgehead atoms. The van der Waals surface area contributed by atoms with Crippen molar-refractivity contribution in [1.29, 1.82) is 0 Å². The van der Waals surface area contributed by atoms with E-state index in [1.165, 1.54) is 18.2 Å². The molecule has 1 atom stereocenters. The molecule has 3 aromatic rings. The fourth-order valence-electron chi connectivity index (χ4n) is 5.13. The molecule has 308 valence electrons. The molecule has 55 heavy (non-hydrogen) atoms. The number of benzene rings is 2. The van der Waals surface area contributed by atoms with E-state index >= 15 is 0 Å². The number of carbonyl (C=O) groups excluding carboxylic acids is 1. The van der Waals surface area contributed by atoms with Gasteiger partial charge in [0.1, 0.15) is 30.4 Å². The Kier molecular flexibility index (Phi) is 16.5. The molecule has 0 saturated heterocycles. The number of aliphatic carboxylic acids is 1. The number of Topliss-reactive ketones (excluding diaryl/α,β-unsaturated/α-hetero) is 1. The van der Waals surface area contributed by atoms with Crippen LogP contribution in [0.15, 0.2) is 47.3 Å². The Morgan fingerprint density at radius 1 is 0.782 bits per heavy atom. The normalized spacial score (nSPS) is 12.7. The summed E-state index contributed by atoms with van der Waals surface area (Å²) in [7, 11) is 0.769.